The Balaban J connectivity index is 1.66. The van der Waals surface area contributed by atoms with Crippen LogP contribution in [-0.4, -0.2) is 40.8 Å². The number of halogens is 1. The number of oxazole rings is 1. The second-order valence-electron chi connectivity index (χ2n) is 5.54. The molecule has 0 saturated carbocycles. The van der Waals surface area contributed by atoms with E-state index in [9.17, 15) is 9.18 Å². The van der Waals surface area contributed by atoms with E-state index in [-0.39, 0.29) is 11.6 Å². The number of aromatic nitrogens is 1. The van der Waals surface area contributed by atoms with E-state index in [2.05, 4.69) is 4.98 Å². The maximum absolute atomic E-state index is 13.0. The van der Waals surface area contributed by atoms with Crippen LogP contribution in [0.3, 0.4) is 0 Å². The van der Waals surface area contributed by atoms with Gasteiger partial charge in [0.15, 0.2) is 0 Å². The van der Waals surface area contributed by atoms with Crippen LogP contribution in [0.5, 0.6) is 0 Å². The van der Waals surface area contributed by atoms with E-state index in [4.69, 9.17) is 14.3 Å². The molecular weight excluding hydrogens is 345 g/mol. The highest BCUT2D eigenvalue weighted by molar-refractivity contribution is 7.99. The third-order valence-corrected chi connectivity index (χ3v) is 4.55. The van der Waals surface area contributed by atoms with E-state index >= 15 is 0 Å². The number of aliphatic carboxylic acids is 1. The van der Waals surface area contributed by atoms with Gasteiger partial charge in [-0.2, -0.15) is 11.8 Å². The molecule has 0 radical (unpaired) electrons. The van der Waals surface area contributed by atoms with Crippen LogP contribution in [0.1, 0.15) is 24.3 Å². The molecule has 0 saturated heterocycles. The Morgan fingerprint density at radius 2 is 2.04 bits per heavy atom. The standard InChI is InChI=1S/C18H22FNO4S/c1-13-16(8-10-23-9-2-3-11-25-12-17(21)22)20-18(24-13)14-4-6-15(19)7-5-14/h4-7H,2-3,8-12H2,1H3,(H,21,22). The third kappa shape index (κ3) is 6.88. The lowest BCUT2D eigenvalue weighted by Gasteiger charge is -2.03. The van der Waals surface area contributed by atoms with Gasteiger partial charge in [-0.15, -0.1) is 0 Å². The molecule has 0 bridgehead atoms. The van der Waals surface area contributed by atoms with E-state index in [1.54, 1.807) is 12.1 Å². The van der Waals surface area contributed by atoms with Crippen molar-refractivity contribution in [2.24, 2.45) is 0 Å². The van der Waals surface area contributed by atoms with Gasteiger partial charge in [0.05, 0.1) is 18.1 Å². The SMILES string of the molecule is Cc1oc(-c2ccc(F)cc2)nc1CCOCCCCSCC(=O)O. The highest BCUT2D eigenvalue weighted by Gasteiger charge is 2.11. The molecule has 7 heteroatoms. The molecule has 0 aliphatic rings. The van der Waals surface area contributed by atoms with Crippen molar-refractivity contribution in [2.45, 2.75) is 26.2 Å². The van der Waals surface area contributed by atoms with Crippen molar-refractivity contribution in [3.63, 3.8) is 0 Å². The van der Waals surface area contributed by atoms with Gasteiger partial charge in [0.1, 0.15) is 11.6 Å². The van der Waals surface area contributed by atoms with Gasteiger partial charge in [-0.1, -0.05) is 0 Å². The Labute approximate surface area is 150 Å². The highest BCUT2D eigenvalue weighted by Crippen LogP contribution is 2.22. The summed E-state index contributed by atoms with van der Waals surface area (Å²) >= 11 is 1.42. The van der Waals surface area contributed by atoms with Crippen molar-refractivity contribution in [3.05, 3.63) is 41.5 Å². The Morgan fingerprint density at radius 1 is 1.28 bits per heavy atom. The fourth-order valence-electron chi connectivity index (χ4n) is 2.21. The number of carboxylic acids is 1. The van der Waals surface area contributed by atoms with Gasteiger partial charge in [0, 0.05) is 18.6 Å². The number of unbranched alkanes of at least 4 members (excludes halogenated alkanes) is 1. The minimum absolute atomic E-state index is 0.155. The number of ether oxygens (including phenoxy) is 1. The van der Waals surface area contributed by atoms with E-state index in [0.29, 0.717) is 25.5 Å². The number of nitrogens with zero attached hydrogens (tertiary/aromatic N) is 1. The quantitative estimate of drug-likeness (QED) is 0.607. The van der Waals surface area contributed by atoms with Gasteiger partial charge < -0.3 is 14.3 Å². The summed E-state index contributed by atoms with van der Waals surface area (Å²) in [7, 11) is 0. The van der Waals surface area contributed by atoms with Crippen molar-refractivity contribution in [1.82, 2.24) is 4.98 Å². The van der Waals surface area contributed by atoms with Crippen LogP contribution in [-0.2, 0) is 16.0 Å². The molecule has 1 N–H and O–H groups in total. The van der Waals surface area contributed by atoms with Crippen LogP contribution in [0.4, 0.5) is 4.39 Å². The molecule has 25 heavy (non-hydrogen) atoms. The topological polar surface area (TPSA) is 72.6 Å². The molecular formula is C18H22FNO4S. The van der Waals surface area contributed by atoms with Crippen molar-refractivity contribution < 1.29 is 23.4 Å². The number of thioether (sulfide) groups is 1. The Hall–Kier alpha value is -1.86. The second kappa shape index (κ2) is 10.2. The van der Waals surface area contributed by atoms with Crippen LogP contribution >= 0.6 is 11.8 Å². The first-order valence-electron chi connectivity index (χ1n) is 8.16. The Kier molecular flexibility index (Phi) is 7.94. The van der Waals surface area contributed by atoms with Crippen LogP contribution in [0.15, 0.2) is 28.7 Å². The van der Waals surface area contributed by atoms with Crippen LogP contribution in [0.25, 0.3) is 11.5 Å². The maximum atomic E-state index is 13.0. The molecule has 1 heterocycles. The number of benzene rings is 1. The molecule has 1 aromatic carbocycles. The van der Waals surface area contributed by atoms with Crippen molar-refractivity contribution in [2.75, 3.05) is 24.7 Å². The summed E-state index contributed by atoms with van der Waals surface area (Å²) in [6.45, 7) is 3.06. The summed E-state index contributed by atoms with van der Waals surface area (Å²) in [6, 6.07) is 6.05. The zero-order chi connectivity index (χ0) is 18.1. The minimum atomic E-state index is -0.774. The first-order chi connectivity index (χ1) is 12.1. The molecule has 2 rings (SSSR count). The predicted molar refractivity (Wildman–Crippen MR) is 95.4 cm³/mol. The van der Waals surface area contributed by atoms with Crippen molar-refractivity contribution in [3.8, 4) is 11.5 Å². The number of aryl methyl sites for hydroxylation is 1. The largest absolute Gasteiger partial charge is 0.481 e. The summed E-state index contributed by atoms with van der Waals surface area (Å²) in [4.78, 5) is 14.8. The number of carboxylic acid groups (broad SMARTS) is 1. The number of hydrogen-bond donors (Lipinski definition) is 1. The second-order valence-corrected chi connectivity index (χ2v) is 6.65. The molecule has 0 atom stereocenters. The van der Waals surface area contributed by atoms with E-state index in [1.807, 2.05) is 6.92 Å². The van der Waals surface area contributed by atoms with Gasteiger partial charge in [0.2, 0.25) is 5.89 Å². The molecule has 0 unspecified atom stereocenters. The van der Waals surface area contributed by atoms with Gasteiger partial charge in [0.25, 0.3) is 0 Å². The zero-order valence-electron chi connectivity index (χ0n) is 14.2. The third-order valence-electron chi connectivity index (χ3n) is 3.52. The van der Waals surface area contributed by atoms with Gasteiger partial charge >= 0.3 is 5.97 Å². The fourth-order valence-corrected chi connectivity index (χ4v) is 2.94. The molecule has 0 aliphatic heterocycles. The molecule has 5 nitrogen and oxygen atoms in total. The van der Waals surface area contributed by atoms with Crippen molar-refractivity contribution in [1.29, 1.82) is 0 Å². The molecule has 0 spiro atoms. The number of hydrogen-bond acceptors (Lipinski definition) is 5. The maximum Gasteiger partial charge on any atom is 0.313 e. The Bertz CT molecular complexity index is 672. The summed E-state index contributed by atoms with van der Waals surface area (Å²) in [5.41, 5.74) is 1.59. The molecule has 0 fully saturated rings. The fraction of sp³-hybridized carbons (Fsp3) is 0.444. The molecule has 0 amide bonds. The van der Waals surface area contributed by atoms with E-state index in [1.165, 1.54) is 23.9 Å². The first kappa shape index (κ1) is 19.5. The molecule has 1 aromatic heterocycles. The normalized spacial score (nSPS) is 11.0. The van der Waals surface area contributed by atoms with E-state index in [0.717, 1.165) is 35.6 Å². The summed E-state index contributed by atoms with van der Waals surface area (Å²) < 4.78 is 24.2. The lowest BCUT2D eigenvalue weighted by molar-refractivity contribution is -0.133. The van der Waals surface area contributed by atoms with Gasteiger partial charge in [-0.25, -0.2) is 9.37 Å². The summed E-state index contributed by atoms with van der Waals surface area (Å²) in [5.74, 6) is 1.16. The summed E-state index contributed by atoms with van der Waals surface area (Å²) in [6.07, 6.45) is 2.51. The number of carbonyl (C=O) groups is 1. The smallest absolute Gasteiger partial charge is 0.313 e. The van der Waals surface area contributed by atoms with Gasteiger partial charge in [-0.3, -0.25) is 4.79 Å². The average Bonchev–Trinajstić information content (AvgIpc) is 2.94. The first-order valence-corrected chi connectivity index (χ1v) is 9.31. The van der Waals surface area contributed by atoms with Crippen LogP contribution in [0.2, 0.25) is 0 Å². The van der Waals surface area contributed by atoms with E-state index < -0.39 is 5.97 Å². The van der Waals surface area contributed by atoms with Crippen LogP contribution < -0.4 is 0 Å². The predicted octanol–water partition coefficient (Wildman–Crippen LogP) is 3.95. The zero-order valence-corrected chi connectivity index (χ0v) is 15.0. The lowest BCUT2D eigenvalue weighted by atomic mass is 10.2. The average molecular weight is 367 g/mol. The Morgan fingerprint density at radius 3 is 2.76 bits per heavy atom. The lowest BCUT2D eigenvalue weighted by Crippen LogP contribution is -2.03. The molecule has 2 aromatic rings. The monoisotopic (exact) mass is 367 g/mol. The van der Waals surface area contributed by atoms with Gasteiger partial charge in [-0.05, 0) is 49.8 Å². The highest BCUT2D eigenvalue weighted by atomic mass is 32.2. The molecule has 0 aliphatic carbocycles. The van der Waals surface area contributed by atoms with Crippen LogP contribution in [0, 0.1) is 12.7 Å². The van der Waals surface area contributed by atoms with Crippen molar-refractivity contribution >= 4 is 17.7 Å². The molecule has 136 valence electrons. The minimum Gasteiger partial charge on any atom is -0.481 e. The summed E-state index contributed by atoms with van der Waals surface area (Å²) in [5, 5.41) is 8.53. The number of rotatable bonds is 11.